The highest BCUT2D eigenvalue weighted by Gasteiger charge is 2.48. The standard InChI is InChI=1S/C48H56ClN9O8/c1-27(2)58-37-9-4-29(20-28(37)21-39(46(58)63)64-25-41(60)50-3)52-43-36(49)23-51-47(54-43)56-16-12-31(13-17-56)66-32-6-5-30(22-32)55-18-14-48(15-19-55)26-65-42-34-24-57(38-10-11-40(59)53-44(38)61)45(62)33(34)7-8-35(42)48/h4,7-9,20-21,23,27,30-32,38H,5-6,10-19,22,24-26H2,1-3H3,(H,50,60)(H,51,52,54)(H,53,59,61)/t30-,32-,38?/m1/s1. The number of halogens is 1. The molecule has 348 valence electrons. The third-order valence-corrected chi connectivity index (χ3v) is 14.9. The topological polar surface area (TPSA) is 190 Å². The van der Waals surface area contributed by atoms with E-state index in [1.54, 1.807) is 21.7 Å². The quantitative estimate of drug-likeness (QED) is 0.171. The van der Waals surface area contributed by atoms with E-state index in [2.05, 4.69) is 36.8 Å². The Kier molecular flexibility index (Phi) is 11.9. The smallest absolute Gasteiger partial charge is 0.293 e. The maximum atomic E-state index is 13.4. The maximum absolute atomic E-state index is 13.4. The summed E-state index contributed by atoms with van der Waals surface area (Å²) in [6.45, 7) is 7.98. The summed E-state index contributed by atoms with van der Waals surface area (Å²) in [6.07, 6.45) is 9.46. The molecule has 1 unspecified atom stereocenters. The molecule has 1 spiro atoms. The van der Waals surface area contributed by atoms with Crippen molar-refractivity contribution in [1.29, 1.82) is 0 Å². The fourth-order valence-corrected chi connectivity index (χ4v) is 11.2. The fourth-order valence-electron chi connectivity index (χ4n) is 11.0. The molecule has 66 heavy (non-hydrogen) atoms. The number of fused-ring (bicyclic) bond motifs is 5. The summed E-state index contributed by atoms with van der Waals surface area (Å²) < 4.78 is 20.5. The number of carbonyl (C=O) groups excluding carboxylic acids is 4. The summed E-state index contributed by atoms with van der Waals surface area (Å²) in [5.41, 5.74) is 3.70. The lowest BCUT2D eigenvalue weighted by atomic mass is 9.73. The fraction of sp³-hybridized carbons (Fsp3) is 0.521. The molecule has 4 amide bonds. The first-order valence-corrected chi connectivity index (χ1v) is 23.7. The van der Waals surface area contributed by atoms with Crippen LogP contribution in [0.3, 0.4) is 0 Å². The van der Waals surface area contributed by atoms with Crippen LogP contribution in [-0.2, 0) is 31.1 Å². The first kappa shape index (κ1) is 44.1. The van der Waals surface area contributed by atoms with Crippen LogP contribution in [0.5, 0.6) is 11.5 Å². The third kappa shape index (κ3) is 8.23. The highest BCUT2D eigenvalue weighted by atomic mass is 35.5. The van der Waals surface area contributed by atoms with Crippen molar-refractivity contribution in [2.45, 2.75) is 114 Å². The van der Waals surface area contributed by atoms with Gasteiger partial charge >= 0.3 is 0 Å². The monoisotopic (exact) mass is 921 g/mol. The van der Waals surface area contributed by atoms with E-state index in [0.717, 1.165) is 93.3 Å². The van der Waals surface area contributed by atoms with Gasteiger partial charge in [-0.15, -0.1) is 0 Å². The molecule has 2 aromatic heterocycles. The van der Waals surface area contributed by atoms with Crippen LogP contribution in [0.4, 0.5) is 17.5 Å². The van der Waals surface area contributed by atoms with E-state index in [1.807, 2.05) is 38.1 Å². The van der Waals surface area contributed by atoms with Gasteiger partial charge in [0.05, 0.1) is 37.1 Å². The van der Waals surface area contributed by atoms with E-state index in [-0.39, 0.29) is 65.7 Å². The summed E-state index contributed by atoms with van der Waals surface area (Å²) in [5, 5.41) is 9.38. The van der Waals surface area contributed by atoms with Crippen molar-refractivity contribution < 1.29 is 33.4 Å². The van der Waals surface area contributed by atoms with Crippen molar-refractivity contribution in [1.82, 2.24) is 35.0 Å². The molecule has 10 rings (SSSR count). The number of hydrogen-bond acceptors (Lipinski definition) is 13. The Balaban J connectivity index is 0.718. The predicted molar refractivity (Wildman–Crippen MR) is 247 cm³/mol. The zero-order chi connectivity index (χ0) is 45.9. The van der Waals surface area contributed by atoms with Crippen LogP contribution in [-0.4, -0.2) is 119 Å². The van der Waals surface area contributed by atoms with Crippen molar-refractivity contribution in [2.24, 2.45) is 0 Å². The number of piperidine rings is 3. The van der Waals surface area contributed by atoms with Gasteiger partial charge in [0.1, 0.15) is 16.8 Å². The average Bonchev–Trinajstić information content (AvgIpc) is 4.02. The zero-order valence-corrected chi connectivity index (χ0v) is 38.3. The van der Waals surface area contributed by atoms with E-state index in [0.29, 0.717) is 53.7 Å². The first-order valence-electron chi connectivity index (χ1n) is 23.3. The molecule has 4 fully saturated rings. The number of anilines is 3. The number of hydrogen-bond donors (Lipinski definition) is 3. The van der Waals surface area contributed by atoms with Gasteiger partial charge in [-0.1, -0.05) is 17.7 Å². The minimum atomic E-state index is -0.647. The van der Waals surface area contributed by atoms with Gasteiger partial charge in [0, 0.05) is 71.8 Å². The van der Waals surface area contributed by atoms with Crippen molar-refractivity contribution in [2.75, 3.05) is 56.7 Å². The number of carbonyl (C=O) groups is 4. The number of amides is 4. The molecule has 2 aromatic carbocycles. The number of likely N-dealkylation sites (tertiary alicyclic amines) is 1. The van der Waals surface area contributed by atoms with Crippen molar-refractivity contribution in [3.05, 3.63) is 74.7 Å². The van der Waals surface area contributed by atoms with Crippen LogP contribution in [0.1, 0.15) is 99.2 Å². The predicted octanol–water partition coefficient (Wildman–Crippen LogP) is 4.99. The molecule has 7 heterocycles. The van der Waals surface area contributed by atoms with Crippen LogP contribution in [0.2, 0.25) is 5.02 Å². The molecule has 3 atom stereocenters. The second kappa shape index (κ2) is 17.8. The second-order valence-corrected chi connectivity index (χ2v) is 19.3. The zero-order valence-electron chi connectivity index (χ0n) is 37.6. The van der Waals surface area contributed by atoms with Gasteiger partial charge in [0.2, 0.25) is 17.8 Å². The number of imide groups is 1. The van der Waals surface area contributed by atoms with Gasteiger partial charge in [-0.3, -0.25) is 29.3 Å². The number of pyridine rings is 1. The Bertz CT molecular complexity index is 2660. The SMILES string of the molecule is CNC(=O)COc1cc2cc(Nc3nc(N4CCC(O[C@@H]5CC[C@@H](N6CCC7(CC6)COc6c7ccc7c6CN(C6CCC(=O)NC6=O)C7=O)C5)CC4)ncc3Cl)ccc2n(C(C)C)c1=O. The molecule has 0 radical (unpaired) electrons. The number of nitrogens with zero attached hydrogens (tertiary/aromatic N) is 6. The number of benzene rings is 2. The molecule has 4 aromatic rings. The number of ether oxygens (including phenoxy) is 3. The number of rotatable bonds is 11. The van der Waals surface area contributed by atoms with E-state index in [9.17, 15) is 24.0 Å². The van der Waals surface area contributed by atoms with E-state index in [1.165, 1.54) is 12.6 Å². The molecule has 17 nitrogen and oxygen atoms in total. The van der Waals surface area contributed by atoms with Crippen LogP contribution in [0.25, 0.3) is 10.9 Å². The number of nitrogens with one attached hydrogen (secondary N) is 3. The highest BCUT2D eigenvalue weighted by Crippen LogP contribution is 2.50. The summed E-state index contributed by atoms with van der Waals surface area (Å²) >= 11 is 6.63. The molecular weight excluding hydrogens is 866 g/mol. The summed E-state index contributed by atoms with van der Waals surface area (Å²) in [6, 6.07) is 11.0. The van der Waals surface area contributed by atoms with Gasteiger partial charge in [0.25, 0.3) is 17.4 Å². The van der Waals surface area contributed by atoms with Crippen LogP contribution >= 0.6 is 11.6 Å². The van der Waals surface area contributed by atoms with E-state index < -0.39 is 11.9 Å². The Morgan fingerprint density at radius 3 is 2.56 bits per heavy atom. The molecule has 3 saturated heterocycles. The Hall–Kier alpha value is -5.78. The van der Waals surface area contributed by atoms with Gasteiger partial charge in [-0.05, 0) is 109 Å². The Labute approximate surface area is 387 Å². The van der Waals surface area contributed by atoms with E-state index >= 15 is 0 Å². The molecule has 0 bridgehead atoms. The Morgan fingerprint density at radius 1 is 1.00 bits per heavy atom. The molecule has 5 aliphatic heterocycles. The largest absolute Gasteiger partial charge is 0.492 e. The third-order valence-electron chi connectivity index (χ3n) is 14.6. The maximum Gasteiger partial charge on any atom is 0.293 e. The summed E-state index contributed by atoms with van der Waals surface area (Å²) in [4.78, 5) is 78.8. The van der Waals surface area contributed by atoms with Crippen molar-refractivity contribution in [3.63, 3.8) is 0 Å². The van der Waals surface area contributed by atoms with Gasteiger partial charge in [0.15, 0.2) is 18.2 Å². The number of aromatic nitrogens is 3. The van der Waals surface area contributed by atoms with Gasteiger partial charge < -0.3 is 44.1 Å². The van der Waals surface area contributed by atoms with Crippen molar-refractivity contribution in [3.8, 4) is 11.5 Å². The molecule has 3 N–H and O–H groups in total. The lowest BCUT2D eigenvalue weighted by Crippen LogP contribution is -2.52. The first-order chi connectivity index (χ1) is 31.9. The molecule has 1 aliphatic carbocycles. The van der Waals surface area contributed by atoms with Gasteiger partial charge in [-0.2, -0.15) is 4.98 Å². The Morgan fingerprint density at radius 2 is 1.80 bits per heavy atom. The summed E-state index contributed by atoms with van der Waals surface area (Å²) in [7, 11) is 1.52. The highest BCUT2D eigenvalue weighted by molar-refractivity contribution is 6.33. The minimum absolute atomic E-state index is 0.0906. The summed E-state index contributed by atoms with van der Waals surface area (Å²) in [5.74, 6) is 0.764. The average molecular weight is 922 g/mol. The molecule has 1 saturated carbocycles. The van der Waals surface area contributed by atoms with Gasteiger partial charge in [-0.25, -0.2) is 4.98 Å². The van der Waals surface area contributed by atoms with Crippen LogP contribution in [0, 0.1) is 0 Å². The lowest BCUT2D eigenvalue weighted by Gasteiger charge is -2.41. The van der Waals surface area contributed by atoms with Crippen LogP contribution in [0.15, 0.2) is 47.4 Å². The second-order valence-electron chi connectivity index (χ2n) is 18.9. The molecule has 18 heteroatoms. The number of likely N-dealkylation sites (N-methyl/N-ethyl adjacent to an activating group) is 1. The normalized spacial score (nSPS) is 23.0. The van der Waals surface area contributed by atoms with E-state index in [4.69, 9.17) is 30.8 Å². The van der Waals surface area contributed by atoms with Crippen LogP contribution < -0.4 is 35.9 Å². The minimum Gasteiger partial charge on any atom is -0.492 e. The molecule has 6 aliphatic rings. The van der Waals surface area contributed by atoms with Crippen molar-refractivity contribution >= 4 is 63.6 Å². The lowest BCUT2D eigenvalue weighted by molar-refractivity contribution is -0.137. The molecular formula is C48H56ClN9O8.